The van der Waals surface area contributed by atoms with E-state index in [0.29, 0.717) is 24.5 Å². The molecule has 3 atom stereocenters. The molecular formula is C25H42O4P+. The normalized spacial score (nSPS) is 13.3. The molecule has 1 aromatic carbocycles. The van der Waals surface area contributed by atoms with Crippen LogP contribution in [0.25, 0.3) is 0 Å². The van der Waals surface area contributed by atoms with Crippen LogP contribution in [0.2, 0.25) is 0 Å². The molecule has 3 unspecified atom stereocenters. The number of ether oxygens (including phenoxy) is 1. The summed E-state index contributed by atoms with van der Waals surface area (Å²) in [5.74, 6) is -0.471. The lowest BCUT2D eigenvalue weighted by molar-refractivity contribution is -0.147. The van der Waals surface area contributed by atoms with Crippen molar-refractivity contribution in [2.24, 2.45) is 23.2 Å². The average molecular weight is 438 g/mol. The highest BCUT2D eigenvalue weighted by molar-refractivity contribution is 7.00. The van der Waals surface area contributed by atoms with E-state index in [4.69, 9.17) is 9.30 Å². The second kappa shape index (κ2) is 13.0. The monoisotopic (exact) mass is 437 g/mol. The third-order valence-electron chi connectivity index (χ3n) is 5.06. The van der Waals surface area contributed by atoms with Gasteiger partial charge in [-0.05, 0) is 68.4 Å². The summed E-state index contributed by atoms with van der Waals surface area (Å²) >= 11 is 0. The number of hydrogen-bond acceptors (Lipinski definition) is 4. The van der Waals surface area contributed by atoms with E-state index in [0.717, 1.165) is 29.5 Å². The van der Waals surface area contributed by atoms with E-state index in [9.17, 15) is 9.59 Å². The van der Waals surface area contributed by atoms with Gasteiger partial charge in [0.1, 0.15) is 5.92 Å². The van der Waals surface area contributed by atoms with Crippen molar-refractivity contribution >= 4 is 20.9 Å². The van der Waals surface area contributed by atoms with Gasteiger partial charge in [0.25, 0.3) is 0 Å². The van der Waals surface area contributed by atoms with E-state index < -0.39 is 5.92 Å². The first kappa shape index (κ1) is 28.5. The smallest absolute Gasteiger partial charge is 0.316 e. The Morgan fingerprint density at radius 3 is 1.93 bits per heavy atom. The summed E-state index contributed by atoms with van der Waals surface area (Å²) in [5.41, 5.74) is 3.84. The molecule has 0 fully saturated rings. The molecule has 1 rings (SSSR count). The lowest BCUT2D eigenvalue weighted by Crippen LogP contribution is -2.30. The molecule has 0 saturated carbocycles. The molecule has 0 aliphatic heterocycles. The molecule has 0 bridgehead atoms. The number of carbonyl (C=O) groups is 2. The molecule has 0 amide bonds. The van der Waals surface area contributed by atoms with Gasteiger partial charge in [-0.1, -0.05) is 63.8 Å². The van der Waals surface area contributed by atoms with Crippen molar-refractivity contribution in [3.8, 4) is 0 Å². The quantitative estimate of drug-likeness (QED) is 0.187. The second-order valence-electron chi connectivity index (χ2n) is 10.1. The van der Waals surface area contributed by atoms with Crippen LogP contribution in [0.1, 0.15) is 87.9 Å². The van der Waals surface area contributed by atoms with Gasteiger partial charge >= 0.3 is 15.1 Å². The summed E-state index contributed by atoms with van der Waals surface area (Å²) < 4.78 is 13.7. The van der Waals surface area contributed by atoms with E-state index in [-0.39, 0.29) is 23.1 Å². The van der Waals surface area contributed by atoms with Crippen molar-refractivity contribution in [1.82, 2.24) is 0 Å². The first-order chi connectivity index (χ1) is 13.8. The minimum atomic E-state index is -0.732. The van der Waals surface area contributed by atoms with Crippen molar-refractivity contribution in [3.63, 3.8) is 0 Å². The highest BCUT2D eigenvalue weighted by Crippen LogP contribution is 2.31. The number of carbonyl (C=O) groups excluding carboxylic acids is 2. The van der Waals surface area contributed by atoms with Gasteiger partial charge in [0, 0.05) is 5.56 Å². The van der Waals surface area contributed by atoms with Crippen molar-refractivity contribution in [2.45, 2.75) is 81.6 Å². The summed E-state index contributed by atoms with van der Waals surface area (Å²) in [6, 6.07) is 4.03. The standard InChI is InChI=1S/C25H40O3.H2OP/c1-16(2)10-11-28-24(27)21(14-18(4)15-25(7,8)9)23(26)22-19(5)12-17(3)13-20(22)6;1-2/h12-13,16,18,21H,10-11,14-15H2,1-9H3;2H2/q;+1. The molecule has 0 aliphatic carbocycles. The Morgan fingerprint density at radius 1 is 1.00 bits per heavy atom. The molecule has 1 aromatic rings. The molecule has 0 spiro atoms. The van der Waals surface area contributed by atoms with Gasteiger partial charge in [-0.25, -0.2) is 0 Å². The molecule has 170 valence electrons. The number of Topliss-reactive ketones (excluding diaryl/α,β-unsaturated/α-hetero) is 1. The van der Waals surface area contributed by atoms with Crippen LogP contribution in [0.15, 0.2) is 12.1 Å². The third-order valence-corrected chi connectivity index (χ3v) is 5.06. The zero-order chi connectivity index (χ0) is 23.6. The van der Waals surface area contributed by atoms with E-state index in [1.807, 2.05) is 32.9 Å². The number of hydrogen-bond donors (Lipinski definition) is 0. The van der Waals surface area contributed by atoms with E-state index >= 15 is 0 Å². The summed E-state index contributed by atoms with van der Waals surface area (Å²) in [7, 11) is 1.17. The van der Waals surface area contributed by atoms with Gasteiger partial charge in [0.05, 0.1) is 6.61 Å². The first-order valence-electron chi connectivity index (χ1n) is 10.8. The Labute approximate surface area is 185 Å². The molecule has 0 radical (unpaired) electrons. The van der Waals surface area contributed by atoms with Crippen LogP contribution in [0.3, 0.4) is 0 Å². The largest absolute Gasteiger partial charge is 0.465 e. The van der Waals surface area contributed by atoms with Gasteiger partial charge in [-0.2, -0.15) is 0 Å². The molecule has 4 nitrogen and oxygen atoms in total. The van der Waals surface area contributed by atoms with Gasteiger partial charge in [-0.3, -0.25) is 9.59 Å². The average Bonchev–Trinajstić information content (AvgIpc) is 2.58. The first-order valence-corrected chi connectivity index (χ1v) is 11.3. The fourth-order valence-corrected chi connectivity index (χ4v) is 4.08. The van der Waals surface area contributed by atoms with Crippen molar-refractivity contribution < 1.29 is 18.9 Å². The Balaban J connectivity index is 0.00000407. The van der Waals surface area contributed by atoms with Crippen LogP contribution in [0.4, 0.5) is 0 Å². The maximum absolute atomic E-state index is 13.4. The van der Waals surface area contributed by atoms with Crippen molar-refractivity contribution in [3.05, 3.63) is 34.4 Å². The number of ketones is 1. The Morgan fingerprint density at radius 2 is 1.50 bits per heavy atom. The SMILES string of the molecule is Cc1cc(C)c(C(=O)C(CC(C)CC(C)(C)C)C(=O)OCCC(C)C)c(C)c1.O=[PH2+]. The third kappa shape index (κ3) is 9.98. The second-order valence-corrected chi connectivity index (χ2v) is 10.1. The Hall–Kier alpha value is -1.54. The molecule has 0 saturated heterocycles. The lowest BCUT2D eigenvalue weighted by atomic mass is 9.79. The van der Waals surface area contributed by atoms with Crippen LogP contribution >= 0.6 is 9.12 Å². The molecule has 0 aliphatic rings. The van der Waals surface area contributed by atoms with Crippen LogP contribution in [0, 0.1) is 43.9 Å². The maximum atomic E-state index is 13.4. The molecule has 5 heteroatoms. The summed E-state index contributed by atoms with van der Waals surface area (Å²) in [4.78, 5) is 26.3. The highest BCUT2D eigenvalue weighted by atomic mass is 31.0. The zero-order valence-electron chi connectivity index (χ0n) is 20.4. The summed E-state index contributed by atoms with van der Waals surface area (Å²) in [6.45, 7) is 19.2. The van der Waals surface area contributed by atoms with Gasteiger partial charge in [0.2, 0.25) is 0 Å². The lowest BCUT2D eigenvalue weighted by Gasteiger charge is -2.26. The van der Waals surface area contributed by atoms with Crippen LogP contribution in [-0.4, -0.2) is 18.4 Å². The molecular weight excluding hydrogens is 395 g/mol. The molecule has 30 heavy (non-hydrogen) atoms. The molecule has 0 heterocycles. The highest BCUT2D eigenvalue weighted by Gasteiger charge is 2.33. The minimum absolute atomic E-state index is 0.0923. The Bertz CT molecular complexity index is 681. The molecule has 0 aromatic heterocycles. The minimum Gasteiger partial charge on any atom is -0.465 e. The van der Waals surface area contributed by atoms with Crippen LogP contribution in [0.5, 0.6) is 0 Å². The maximum Gasteiger partial charge on any atom is 0.316 e. The van der Waals surface area contributed by atoms with Crippen LogP contribution in [-0.2, 0) is 14.1 Å². The predicted molar refractivity (Wildman–Crippen MR) is 127 cm³/mol. The van der Waals surface area contributed by atoms with Gasteiger partial charge in [0.15, 0.2) is 5.78 Å². The number of esters is 1. The number of benzene rings is 1. The predicted octanol–water partition coefficient (Wildman–Crippen LogP) is 6.67. The van der Waals surface area contributed by atoms with Crippen LogP contribution < -0.4 is 0 Å². The summed E-state index contributed by atoms with van der Waals surface area (Å²) in [5, 5.41) is 0. The van der Waals surface area contributed by atoms with Gasteiger partial charge in [-0.15, -0.1) is 0 Å². The van der Waals surface area contributed by atoms with Gasteiger partial charge < -0.3 is 4.74 Å². The molecule has 0 N–H and O–H groups in total. The number of rotatable bonds is 9. The van der Waals surface area contributed by atoms with E-state index in [1.54, 1.807) is 0 Å². The topological polar surface area (TPSA) is 60.4 Å². The van der Waals surface area contributed by atoms with Crippen molar-refractivity contribution in [1.29, 1.82) is 0 Å². The summed E-state index contributed by atoms with van der Waals surface area (Å²) in [6.07, 6.45) is 2.30. The fourth-order valence-electron chi connectivity index (χ4n) is 4.08. The zero-order valence-corrected chi connectivity index (χ0v) is 21.6. The fraction of sp³-hybridized carbons (Fsp3) is 0.680. The Kier molecular flexibility index (Phi) is 12.3. The van der Waals surface area contributed by atoms with Crippen molar-refractivity contribution in [2.75, 3.05) is 6.61 Å². The van der Waals surface area contributed by atoms with E-state index in [2.05, 4.69) is 41.5 Å². The number of aryl methyl sites for hydroxylation is 3. The van der Waals surface area contributed by atoms with E-state index in [1.165, 1.54) is 9.12 Å².